The van der Waals surface area contributed by atoms with E-state index in [2.05, 4.69) is 4.72 Å². The van der Waals surface area contributed by atoms with Crippen molar-refractivity contribution < 1.29 is 27.4 Å². The molecule has 2 rings (SSSR count). The number of hydrogen-bond acceptors (Lipinski definition) is 5. The summed E-state index contributed by atoms with van der Waals surface area (Å²) in [6, 6.07) is 4.46. The van der Waals surface area contributed by atoms with Crippen LogP contribution in [0.15, 0.2) is 33.9 Å². The van der Waals surface area contributed by atoms with Crippen molar-refractivity contribution in [1.29, 1.82) is 0 Å². The molecule has 2 N–H and O–H groups in total. The lowest BCUT2D eigenvalue weighted by Gasteiger charge is -2.12. The molecular formula is C13H12FNO5S2. The summed E-state index contributed by atoms with van der Waals surface area (Å²) in [5.41, 5.74) is -0.0389. The molecule has 0 atom stereocenters. The Hall–Kier alpha value is -2.13. The third-order valence-corrected chi connectivity index (χ3v) is 5.38. The van der Waals surface area contributed by atoms with Crippen LogP contribution in [-0.4, -0.2) is 26.1 Å². The van der Waals surface area contributed by atoms with Gasteiger partial charge in [-0.2, -0.15) is 0 Å². The van der Waals surface area contributed by atoms with Crippen LogP contribution in [0.25, 0.3) is 0 Å². The number of benzene rings is 1. The van der Waals surface area contributed by atoms with Crippen LogP contribution >= 0.6 is 11.3 Å². The van der Waals surface area contributed by atoms with E-state index in [0.29, 0.717) is 0 Å². The number of nitrogens with one attached hydrogen (secondary N) is 1. The van der Waals surface area contributed by atoms with Crippen LogP contribution in [0.2, 0.25) is 0 Å². The second-order valence-corrected chi connectivity index (χ2v) is 6.96. The van der Waals surface area contributed by atoms with E-state index < -0.39 is 21.8 Å². The molecule has 1 aromatic carbocycles. The minimum Gasteiger partial charge on any atom is -0.492 e. The standard InChI is InChI=1S/C13H12FNO5S2/c1-2-20-11-6-9(14)3-4-10(11)15-22(18,19)12-5-8(7-21-12)13(16)17/h3-7,15H,2H2,1H3,(H,16,17). The maximum absolute atomic E-state index is 13.2. The number of halogens is 1. The normalized spacial score (nSPS) is 11.2. The summed E-state index contributed by atoms with van der Waals surface area (Å²) in [6.45, 7) is 1.92. The largest absolute Gasteiger partial charge is 0.492 e. The van der Waals surface area contributed by atoms with Crippen LogP contribution in [0.3, 0.4) is 0 Å². The lowest BCUT2D eigenvalue weighted by Crippen LogP contribution is -2.13. The Kier molecular flexibility index (Phi) is 4.67. The molecule has 0 spiro atoms. The van der Waals surface area contributed by atoms with Crippen LogP contribution in [0, 0.1) is 5.82 Å². The van der Waals surface area contributed by atoms with Crippen molar-refractivity contribution in [3.8, 4) is 5.75 Å². The molecule has 0 amide bonds. The fourth-order valence-electron chi connectivity index (χ4n) is 1.62. The van der Waals surface area contributed by atoms with E-state index in [4.69, 9.17) is 9.84 Å². The maximum Gasteiger partial charge on any atom is 0.336 e. The van der Waals surface area contributed by atoms with Gasteiger partial charge in [-0.1, -0.05) is 0 Å². The highest BCUT2D eigenvalue weighted by Crippen LogP contribution is 2.29. The van der Waals surface area contributed by atoms with Crippen molar-refractivity contribution in [2.24, 2.45) is 0 Å². The Labute approximate surface area is 130 Å². The zero-order valence-corrected chi connectivity index (χ0v) is 13.0. The number of aromatic carboxylic acids is 1. The van der Waals surface area contributed by atoms with Gasteiger partial charge in [0.1, 0.15) is 15.8 Å². The van der Waals surface area contributed by atoms with Crippen molar-refractivity contribution in [1.82, 2.24) is 0 Å². The number of sulfonamides is 1. The molecule has 1 aromatic heterocycles. The predicted molar refractivity (Wildman–Crippen MR) is 79.7 cm³/mol. The van der Waals surface area contributed by atoms with Gasteiger partial charge in [-0.3, -0.25) is 4.72 Å². The molecule has 0 radical (unpaired) electrons. The summed E-state index contributed by atoms with van der Waals surface area (Å²) in [5, 5.41) is 10.1. The Bertz CT molecular complexity index is 801. The average Bonchev–Trinajstić information content (AvgIpc) is 2.93. The third kappa shape index (κ3) is 3.55. The summed E-state index contributed by atoms with van der Waals surface area (Å²) in [6.07, 6.45) is 0. The number of hydrogen-bond donors (Lipinski definition) is 2. The van der Waals surface area contributed by atoms with Gasteiger partial charge in [-0.15, -0.1) is 11.3 Å². The Morgan fingerprint density at radius 1 is 1.41 bits per heavy atom. The van der Waals surface area contributed by atoms with Crippen molar-refractivity contribution in [3.05, 3.63) is 41.0 Å². The van der Waals surface area contributed by atoms with Gasteiger partial charge in [0.25, 0.3) is 10.0 Å². The van der Waals surface area contributed by atoms with Crippen LogP contribution in [0.5, 0.6) is 5.75 Å². The van der Waals surface area contributed by atoms with Crippen molar-refractivity contribution in [2.75, 3.05) is 11.3 Å². The first-order valence-electron chi connectivity index (χ1n) is 6.10. The molecule has 0 aliphatic rings. The molecule has 0 saturated heterocycles. The zero-order valence-electron chi connectivity index (χ0n) is 11.4. The molecule has 0 aliphatic carbocycles. The summed E-state index contributed by atoms with van der Waals surface area (Å²) >= 11 is 0.780. The van der Waals surface area contributed by atoms with Gasteiger partial charge in [0, 0.05) is 11.4 Å². The Morgan fingerprint density at radius 2 is 2.14 bits per heavy atom. The molecule has 0 aliphatic heterocycles. The van der Waals surface area contributed by atoms with Crippen LogP contribution in [0.1, 0.15) is 17.3 Å². The molecular weight excluding hydrogens is 333 g/mol. The summed E-state index contributed by atoms with van der Waals surface area (Å²) < 4.78 is 45.0. The van der Waals surface area contributed by atoms with E-state index in [1.54, 1.807) is 6.92 Å². The number of ether oxygens (including phenoxy) is 1. The predicted octanol–water partition coefficient (Wildman–Crippen LogP) is 2.78. The second kappa shape index (κ2) is 6.32. The quantitative estimate of drug-likeness (QED) is 0.840. The van der Waals surface area contributed by atoms with Gasteiger partial charge in [0.2, 0.25) is 0 Å². The molecule has 0 fully saturated rings. The lowest BCUT2D eigenvalue weighted by molar-refractivity contribution is 0.0697. The first kappa shape index (κ1) is 16.2. The maximum atomic E-state index is 13.2. The van der Waals surface area contributed by atoms with Gasteiger partial charge < -0.3 is 9.84 Å². The van der Waals surface area contributed by atoms with Crippen LogP contribution in [0.4, 0.5) is 10.1 Å². The number of rotatable bonds is 6. The molecule has 0 saturated carbocycles. The average molecular weight is 345 g/mol. The monoisotopic (exact) mass is 345 g/mol. The number of carbonyl (C=O) groups is 1. The molecule has 6 nitrogen and oxygen atoms in total. The highest BCUT2D eigenvalue weighted by molar-refractivity contribution is 7.94. The van der Waals surface area contributed by atoms with E-state index in [1.807, 2.05) is 0 Å². The van der Waals surface area contributed by atoms with Gasteiger partial charge in [0.15, 0.2) is 0 Å². The smallest absolute Gasteiger partial charge is 0.336 e. The molecule has 22 heavy (non-hydrogen) atoms. The molecule has 1 heterocycles. The summed E-state index contributed by atoms with van der Waals surface area (Å²) in [4.78, 5) is 10.8. The van der Waals surface area contributed by atoms with Crippen molar-refractivity contribution >= 4 is 33.0 Å². The second-order valence-electron chi connectivity index (χ2n) is 4.14. The highest BCUT2D eigenvalue weighted by Gasteiger charge is 2.20. The summed E-state index contributed by atoms with van der Waals surface area (Å²) in [7, 11) is -3.98. The van der Waals surface area contributed by atoms with E-state index in [0.717, 1.165) is 29.5 Å². The fourth-order valence-corrected chi connectivity index (χ4v) is 3.84. The third-order valence-electron chi connectivity index (χ3n) is 2.58. The van der Waals surface area contributed by atoms with E-state index in [9.17, 15) is 17.6 Å². The minimum atomic E-state index is -3.98. The Balaban J connectivity index is 2.34. The van der Waals surface area contributed by atoms with Gasteiger partial charge in [0.05, 0.1) is 17.9 Å². The molecule has 118 valence electrons. The van der Waals surface area contributed by atoms with E-state index in [1.165, 1.54) is 11.4 Å². The highest BCUT2D eigenvalue weighted by atomic mass is 32.2. The van der Waals surface area contributed by atoms with Gasteiger partial charge in [-0.05, 0) is 25.1 Å². The molecule has 9 heteroatoms. The van der Waals surface area contributed by atoms with Crippen molar-refractivity contribution in [2.45, 2.75) is 11.1 Å². The first-order chi connectivity index (χ1) is 10.3. The number of anilines is 1. The topological polar surface area (TPSA) is 92.7 Å². The van der Waals surface area contributed by atoms with Gasteiger partial charge in [-0.25, -0.2) is 17.6 Å². The first-order valence-corrected chi connectivity index (χ1v) is 8.46. The lowest BCUT2D eigenvalue weighted by atomic mass is 10.3. The molecule has 0 unspecified atom stereocenters. The molecule has 2 aromatic rings. The minimum absolute atomic E-state index is 0.0566. The van der Waals surface area contributed by atoms with Gasteiger partial charge >= 0.3 is 5.97 Å². The fraction of sp³-hybridized carbons (Fsp3) is 0.154. The molecule has 0 bridgehead atoms. The Morgan fingerprint density at radius 3 is 2.73 bits per heavy atom. The number of carboxylic acids is 1. The zero-order chi connectivity index (χ0) is 16.3. The summed E-state index contributed by atoms with van der Waals surface area (Å²) in [5.74, 6) is -1.72. The number of carboxylic acid groups (broad SMARTS) is 1. The number of thiophene rings is 1. The van der Waals surface area contributed by atoms with Crippen LogP contribution in [-0.2, 0) is 10.0 Å². The van der Waals surface area contributed by atoms with E-state index in [-0.39, 0.29) is 27.8 Å². The van der Waals surface area contributed by atoms with Crippen LogP contribution < -0.4 is 9.46 Å². The van der Waals surface area contributed by atoms with E-state index >= 15 is 0 Å². The SMILES string of the molecule is CCOc1cc(F)ccc1NS(=O)(=O)c1cc(C(=O)O)cs1. The van der Waals surface area contributed by atoms with Crippen molar-refractivity contribution in [3.63, 3.8) is 0 Å².